The first-order chi connectivity index (χ1) is 2.91. The molecular weight excluding hydrogens is 72.1 g/mol. The predicted octanol–water partition coefficient (Wildman–Crippen LogP) is 1.98. The van der Waals surface area contributed by atoms with E-state index in [9.17, 15) is 0 Å². The van der Waals surface area contributed by atoms with Crippen molar-refractivity contribution in [1.29, 1.82) is 0 Å². The molecule has 0 heteroatoms. The quantitative estimate of drug-likeness (QED) is 0.478. The number of hydrogen-bond donors (Lipinski definition) is 0. The highest BCUT2D eigenvalue weighted by Crippen LogP contribution is 1.81. The minimum Gasteiger partial charge on any atom is -0.0839 e. The van der Waals surface area contributed by atoms with Crippen LogP contribution in [-0.4, -0.2) is 0 Å². The molecule has 0 amide bonds. The smallest absolute Gasteiger partial charge is 0.00964 e. The van der Waals surface area contributed by atoms with Gasteiger partial charge >= 0.3 is 0 Å². The topological polar surface area (TPSA) is 0 Å². The predicted molar refractivity (Wildman–Crippen MR) is 28.1 cm³/mol. The van der Waals surface area contributed by atoms with E-state index in [4.69, 9.17) is 0 Å². The molecular formula is C6H10. The Hall–Kier alpha value is -0.260. The second-order valence-corrected chi connectivity index (χ2v) is 1.07. The van der Waals surface area contributed by atoms with Crippen LogP contribution >= 0.6 is 0 Å². The van der Waals surface area contributed by atoms with E-state index in [0.717, 1.165) is 6.42 Å². The average molecular weight is 82.1 g/mol. The van der Waals surface area contributed by atoms with Gasteiger partial charge in [-0.05, 0) is 25.8 Å². The number of hydrogen-bond acceptors (Lipinski definition) is 0. The van der Waals surface area contributed by atoms with Crippen LogP contribution in [0.1, 0.15) is 20.3 Å². The number of allylic oxidation sites excluding steroid dienone is 2. The summed E-state index contributed by atoms with van der Waals surface area (Å²) in [5, 5.41) is 0. The summed E-state index contributed by atoms with van der Waals surface area (Å²) in [7, 11) is 0. The van der Waals surface area contributed by atoms with Crippen LogP contribution in [0.15, 0.2) is 6.08 Å². The summed E-state index contributed by atoms with van der Waals surface area (Å²) in [6.07, 6.45) is 7.94. The van der Waals surface area contributed by atoms with Crippen molar-refractivity contribution >= 4 is 0 Å². The highest BCUT2D eigenvalue weighted by atomic mass is 13.7. The molecule has 0 bridgehead atoms. The first-order valence-electron chi connectivity index (χ1n) is 2.27. The van der Waals surface area contributed by atoms with E-state index in [1.54, 1.807) is 0 Å². The Bertz CT molecular complexity index is 35.3. The Morgan fingerprint density at radius 1 is 1.67 bits per heavy atom. The van der Waals surface area contributed by atoms with Crippen molar-refractivity contribution in [1.82, 2.24) is 0 Å². The van der Waals surface area contributed by atoms with Gasteiger partial charge < -0.3 is 0 Å². The fraction of sp³-hybridized carbons (Fsp3) is 0.500. The van der Waals surface area contributed by atoms with Gasteiger partial charge in [0, 0.05) is 0 Å². The Morgan fingerprint density at radius 3 is 2.50 bits per heavy atom. The molecule has 0 fully saturated rings. The van der Waals surface area contributed by atoms with E-state index in [2.05, 4.69) is 13.0 Å². The normalized spacial score (nSPS) is 10.3. The molecule has 0 aliphatic carbocycles. The van der Waals surface area contributed by atoms with Crippen LogP contribution < -0.4 is 0 Å². The van der Waals surface area contributed by atoms with Crippen molar-refractivity contribution in [3.8, 4) is 0 Å². The van der Waals surface area contributed by atoms with E-state index in [-0.39, 0.29) is 0 Å². The molecule has 0 aromatic carbocycles. The van der Waals surface area contributed by atoms with Crippen LogP contribution in [0.25, 0.3) is 0 Å². The van der Waals surface area contributed by atoms with Gasteiger partial charge in [0.1, 0.15) is 0 Å². The van der Waals surface area contributed by atoms with Crippen LogP contribution in [-0.2, 0) is 0 Å². The first kappa shape index (κ1) is 5.74. The van der Waals surface area contributed by atoms with Crippen LogP contribution in [0.5, 0.6) is 0 Å². The standard InChI is InChI=1S/C6H10/c1-3-5-6-4-2/h3,6H,4H2,1-2H3. The zero-order valence-corrected chi connectivity index (χ0v) is 4.36. The van der Waals surface area contributed by atoms with Crippen LogP contribution in [0, 0.1) is 12.5 Å². The molecule has 6 heavy (non-hydrogen) atoms. The fourth-order valence-electron chi connectivity index (χ4n) is 0.236. The minimum absolute atomic E-state index is 1.09. The van der Waals surface area contributed by atoms with E-state index in [0.29, 0.717) is 0 Å². The van der Waals surface area contributed by atoms with Crippen molar-refractivity contribution in [2.45, 2.75) is 20.3 Å². The lowest BCUT2D eigenvalue weighted by Crippen LogP contribution is -1.59. The molecule has 0 N–H and O–H groups in total. The molecule has 2 radical (unpaired) electrons. The molecule has 0 aromatic heterocycles. The molecule has 0 rings (SSSR count). The van der Waals surface area contributed by atoms with Gasteiger partial charge in [0.2, 0.25) is 0 Å². The van der Waals surface area contributed by atoms with Gasteiger partial charge in [0.05, 0.1) is 0 Å². The maximum atomic E-state index is 2.95. The molecule has 0 atom stereocenters. The molecule has 0 aromatic rings. The van der Waals surface area contributed by atoms with Crippen molar-refractivity contribution in [2.75, 3.05) is 0 Å². The van der Waals surface area contributed by atoms with Gasteiger partial charge in [0.15, 0.2) is 0 Å². The third kappa shape index (κ3) is 3.74. The molecule has 0 unspecified atom stereocenters. The van der Waals surface area contributed by atoms with E-state index in [1.165, 1.54) is 0 Å². The molecule has 34 valence electrons. The summed E-state index contributed by atoms with van der Waals surface area (Å²) in [4.78, 5) is 0. The Balaban J connectivity index is 2.66. The third-order valence-electron chi connectivity index (χ3n) is 0.489. The second kappa shape index (κ2) is 4.74. The van der Waals surface area contributed by atoms with Gasteiger partial charge in [0.25, 0.3) is 0 Å². The highest BCUT2D eigenvalue weighted by Gasteiger charge is 1.66. The number of unbranched alkanes of at least 4 members (excludes halogenated alkanes) is 1. The van der Waals surface area contributed by atoms with Gasteiger partial charge in [-0.3, -0.25) is 0 Å². The second-order valence-electron chi connectivity index (χ2n) is 1.07. The van der Waals surface area contributed by atoms with Gasteiger partial charge in [-0.15, -0.1) is 0 Å². The van der Waals surface area contributed by atoms with Crippen molar-refractivity contribution in [2.24, 2.45) is 0 Å². The highest BCUT2D eigenvalue weighted by molar-refractivity contribution is 4.81. The third-order valence-corrected chi connectivity index (χ3v) is 0.489. The molecule has 0 aliphatic heterocycles. The summed E-state index contributed by atoms with van der Waals surface area (Å²) in [5.74, 6) is 0. The summed E-state index contributed by atoms with van der Waals surface area (Å²) < 4.78 is 0. The lowest BCUT2D eigenvalue weighted by atomic mass is 10.3. The lowest BCUT2D eigenvalue weighted by molar-refractivity contribution is 1.13. The van der Waals surface area contributed by atoms with Crippen molar-refractivity contribution < 1.29 is 0 Å². The zero-order valence-electron chi connectivity index (χ0n) is 4.36. The maximum absolute atomic E-state index is 2.95. The monoisotopic (exact) mass is 82.1 g/mol. The Kier molecular flexibility index (Phi) is 4.53. The average Bonchev–Trinajstić information content (AvgIpc) is 1.61. The van der Waals surface area contributed by atoms with Crippen LogP contribution in [0.4, 0.5) is 0 Å². The molecule has 0 nitrogen and oxygen atoms in total. The fourth-order valence-corrected chi connectivity index (χ4v) is 0.236. The van der Waals surface area contributed by atoms with Crippen LogP contribution in [0.2, 0.25) is 0 Å². The summed E-state index contributed by atoms with van der Waals surface area (Å²) in [6.45, 7) is 4.06. The van der Waals surface area contributed by atoms with Gasteiger partial charge in [-0.1, -0.05) is 13.0 Å². The molecule has 0 saturated carbocycles. The molecule has 0 aliphatic rings. The van der Waals surface area contributed by atoms with Gasteiger partial charge in [-0.25, -0.2) is 0 Å². The summed E-state index contributed by atoms with van der Waals surface area (Å²) in [5.41, 5.74) is 0. The maximum Gasteiger partial charge on any atom is -0.00964 e. The van der Waals surface area contributed by atoms with Crippen molar-refractivity contribution in [3.05, 3.63) is 18.6 Å². The summed E-state index contributed by atoms with van der Waals surface area (Å²) >= 11 is 0. The van der Waals surface area contributed by atoms with E-state index < -0.39 is 0 Å². The molecule has 0 saturated heterocycles. The largest absolute Gasteiger partial charge is 0.0839 e. The SMILES string of the molecule is C/C=[C]/[CH]CC. The Morgan fingerprint density at radius 2 is 2.33 bits per heavy atom. The zero-order chi connectivity index (χ0) is 4.83. The number of rotatable bonds is 2. The Labute approximate surface area is 39.9 Å². The van der Waals surface area contributed by atoms with E-state index in [1.807, 2.05) is 19.4 Å². The first-order valence-corrected chi connectivity index (χ1v) is 2.27. The summed E-state index contributed by atoms with van der Waals surface area (Å²) in [6, 6.07) is 0. The van der Waals surface area contributed by atoms with Crippen LogP contribution in [0.3, 0.4) is 0 Å². The molecule has 0 spiro atoms. The molecule has 0 heterocycles. The van der Waals surface area contributed by atoms with Gasteiger partial charge in [-0.2, -0.15) is 0 Å². The van der Waals surface area contributed by atoms with E-state index >= 15 is 0 Å². The van der Waals surface area contributed by atoms with Crippen molar-refractivity contribution in [3.63, 3.8) is 0 Å². The lowest BCUT2D eigenvalue weighted by Gasteiger charge is -1.74. The minimum atomic E-state index is 1.09.